The third kappa shape index (κ3) is 6.04. The number of nitriles is 1. The van der Waals surface area contributed by atoms with Crippen LogP contribution in [0.5, 0.6) is 0 Å². The van der Waals surface area contributed by atoms with Crippen LogP contribution in [0, 0.1) is 17.1 Å². The van der Waals surface area contributed by atoms with Gasteiger partial charge in [0.2, 0.25) is 0 Å². The van der Waals surface area contributed by atoms with E-state index in [4.69, 9.17) is 5.73 Å². The Morgan fingerprint density at radius 3 is 2.69 bits per heavy atom. The van der Waals surface area contributed by atoms with Gasteiger partial charge in [0.1, 0.15) is 23.3 Å². The van der Waals surface area contributed by atoms with Crippen molar-refractivity contribution in [1.82, 2.24) is 25.4 Å². The fourth-order valence-electron chi connectivity index (χ4n) is 3.19. The highest BCUT2D eigenvalue weighted by Gasteiger charge is 2.16. The number of halogens is 1. The number of aryl methyl sites for hydroxylation is 1. The van der Waals surface area contributed by atoms with Crippen molar-refractivity contribution in [3.8, 4) is 11.8 Å². The molecular formula is C23H27FN8. The fourth-order valence-corrected chi connectivity index (χ4v) is 3.19. The number of guanidine groups is 1. The zero-order valence-electron chi connectivity index (χ0n) is 18.1. The van der Waals surface area contributed by atoms with Gasteiger partial charge in [0.15, 0.2) is 5.96 Å². The van der Waals surface area contributed by atoms with Crippen LogP contribution in [-0.4, -0.2) is 40.4 Å². The SMILES string of the molecule is CCNC(=NCCCc1nn(-c2ccc(F)cc2)c(N)c1C#N)NCCc1ccccn1. The monoisotopic (exact) mass is 434 g/mol. The van der Waals surface area contributed by atoms with E-state index in [1.54, 1.807) is 18.3 Å². The maximum Gasteiger partial charge on any atom is 0.191 e. The van der Waals surface area contributed by atoms with Crippen LogP contribution < -0.4 is 16.4 Å². The molecule has 0 unspecified atom stereocenters. The molecule has 166 valence electrons. The molecule has 0 bridgehead atoms. The standard InChI is InChI=1S/C23H27FN8/c1-2-27-23(30-15-12-18-6-3-4-13-28-18)29-14-5-7-21-20(16-25)22(26)32(31-21)19-10-8-17(24)9-11-19/h3-4,6,8-11,13H,2,5,7,12,14-15,26H2,1H3,(H2,27,29,30). The topological polar surface area (TPSA) is 117 Å². The predicted octanol–water partition coefficient (Wildman–Crippen LogP) is 2.59. The molecule has 0 spiro atoms. The molecule has 0 amide bonds. The first-order chi connectivity index (χ1) is 15.6. The maximum absolute atomic E-state index is 13.2. The Morgan fingerprint density at radius 1 is 1.19 bits per heavy atom. The molecule has 1 aromatic carbocycles. The van der Waals surface area contributed by atoms with E-state index in [0.717, 1.165) is 31.2 Å². The van der Waals surface area contributed by atoms with Gasteiger partial charge in [-0.3, -0.25) is 9.98 Å². The molecule has 4 N–H and O–H groups in total. The van der Waals surface area contributed by atoms with Crippen molar-refractivity contribution in [2.75, 3.05) is 25.4 Å². The molecule has 0 radical (unpaired) electrons. The van der Waals surface area contributed by atoms with Gasteiger partial charge in [-0.25, -0.2) is 9.07 Å². The summed E-state index contributed by atoms with van der Waals surface area (Å²) in [6.45, 7) is 4.06. The molecule has 2 aromatic heterocycles. The van der Waals surface area contributed by atoms with Gasteiger partial charge in [-0.05, 0) is 56.2 Å². The number of rotatable bonds is 9. The van der Waals surface area contributed by atoms with Crippen molar-refractivity contribution >= 4 is 11.8 Å². The van der Waals surface area contributed by atoms with Gasteiger partial charge in [-0.15, -0.1) is 0 Å². The second-order valence-corrected chi connectivity index (χ2v) is 7.07. The van der Waals surface area contributed by atoms with E-state index in [1.165, 1.54) is 16.8 Å². The van der Waals surface area contributed by atoms with Crippen molar-refractivity contribution in [2.45, 2.75) is 26.2 Å². The van der Waals surface area contributed by atoms with Crippen LogP contribution in [-0.2, 0) is 12.8 Å². The van der Waals surface area contributed by atoms with Crippen LogP contribution in [0.15, 0.2) is 53.7 Å². The number of hydrogen-bond acceptors (Lipinski definition) is 5. The van der Waals surface area contributed by atoms with Gasteiger partial charge in [0.05, 0.1) is 11.4 Å². The molecule has 3 aromatic rings. The highest BCUT2D eigenvalue weighted by Crippen LogP contribution is 2.21. The van der Waals surface area contributed by atoms with E-state index in [2.05, 4.69) is 31.8 Å². The summed E-state index contributed by atoms with van der Waals surface area (Å²) in [6, 6.07) is 13.8. The van der Waals surface area contributed by atoms with Gasteiger partial charge in [-0.1, -0.05) is 6.07 Å². The van der Waals surface area contributed by atoms with Crippen LogP contribution >= 0.6 is 0 Å². The normalized spacial score (nSPS) is 11.2. The molecule has 9 heteroatoms. The first-order valence-electron chi connectivity index (χ1n) is 10.6. The smallest absolute Gasteiger partial charge is 0.191 e. The van der Waals surface area contributed by atoms with E-state index < -0.39 is 0 Å². The quantitative estimate of drug-likeness (QED) is 0.271. The number of nitrogens with two attached hydrogens (primary N) is 1. The van der Waals surface area contributed by atoms with E-state index in [-0.39, 0.29) is 11.6 Å². The molecule has 3 rings (SSSR count). The molecule has 32 heavy (non-hydrogen) atoms. The fraction of sp³-hybridized carbons (Fsp3) is 0.304. The van der Waals surface area contributed by atoms with Gasteiger partial charge < -0.3 is 16.4 Å². The molecule has 0 aliphatic rings. The lowest BCUT2D eigenvalue weighted by molar-refractivity contribution is 0.627. The Kier molecular flexibility index (Phi) is 8.15. The van der Waals surface area contributed by atoms with Crippen molar-refractivity contribution in [2.24, 2.45) is 4.99 Å². The average molecular weight is 435 g/mol. The number of nitrogens with one attached hydrogen (secondary N) is 2. The summed E-state index contributed by atoms with van der Waals surface area (Å²) in [7, 11) is 0. The number of anilines is 1. The number of hydrogen-bond donors (Lipinski definition) is 3. The van der Waals surface area contributed by atoms with E-state index >= 15 is 0 Å². The molecule has 0 fully saturated rings. The second-order valence-electron chi connectivity index (χ2n) is 7.07. The third-order valence-electron chi connectivity index (χ3n) is 4.76. The summed E-state index contributed by atoms with van der Waals surface area (Å²) < 4.78 is 14.7. The Bertz CT molecular complexity index is 1070. The number of nitrogen functional groups attached to an aromatic ring is 1. The lowest BCUT2D eigenvalue weighted by atomic mass is 10.1. The summed E-state index contributed by atoms with van der Waals surface area (Å²) in [5.74, 6) is 0.644. The van der Waals surface area contributed by atoms with Gasteiger partial charge in [0.25, 0.3) is 0 Å². The third-order valence-corrected chi connectivity index (χ3v) is 4.76. The van der Waals surface area contributed by atoms with Crippen LogP contribution in [0.2, 0.25) is 0 Å². The van der Waals surface area contributed by atoms with Crippen LogP contribution in [0.1, 0.15) is 30.3 Å². The highest BCUT2D eigenvalue weighted by molar-refractivity contribution is 5.79. The molecule has 0 aliphatic carbocycles. The lowest BCUT2D eigenvalue weighted by Gasteiger charge is -2.11. The van der Waals surface area contributed by atoms with Crippen molar-refractivity contribution in [3.63, 3.8) is 0 Å². The molecular weight excluding hydrogens is 407 g/mol. The largest absolute Gasteiger partial charge is 0.382 e. The van der Waals surface area contributed by atoms with Gasteiger partial charge in [0, 0.05) is 37.9 Å². The molecule has 0 saturated heterocycles. The second kappa shape index (κ2) is 11.5. The first-order valence-corrected chi connectivity index (χ1v) is 10.6. The first kappa shape index (κ1) is 22.7. The summed E-state index contributed by atoms with van der Waals surface area (Å²) in [4.78, 5) is 8.91. The zero-order valence-corrected chi connectivity index (χ0v) is 18.1. The number of aromatic nitrogens is 3. The Morgan fingerprint density at radius 2 is 2.00 bits per heavy atom. The van der Waals surface area contributed by atoms with E-state index in [1.807, 2.05) is 25.1 Å². The number of pyridine rings is 1. The van der Waals surface area contributed by atoms with Crippen molar-refractivity contribution in [3.05, 3.63) is 71.4 Å². The maximum atomic E-state index is 13.2. The van der Waals surface area contributed by atoms with Crippen LogP contribution in [0.25, 0.3) is 5.69 Å². The summed E-state index contributed by atoms with van der Waals surface area (Å²) in [6.07, 6.45) is 3.84. The summed E-state index contributed by atoms with van der Waals surface area (Å²) in [5, 5.41) is 20.5. The van der Waals surface area contributed by atoms with E-state index in [9.17, 15) is 9.65 Å². The van der Waals surface area contributed by atoms with Crippen molar-refractivity contribution < 1.29 is 4.39 Å². The number of nitrogens with zero attached hydrogens (tertiary/aromatic N) is 5. The van der Waals surface area contributed by atoms with Gasteiger partial charge in [-0.2, -0.15) is 10.4 Å². The zero-order chi connectivity index (χ0) is 22.8. The lowest BCUT2D eigenvalue weighted by Crippen LogP contribution is -2.38. The van der Waals surface area contributed by atoms with E-state index in [0.29, 0.717) is 36.3 Å². The minimum absolute atomic E-state index is 0.252. The van der Waals surface area contributed by atoms with Crippen molar-refractivity contribution in [1.29, 1.82) is 5.26 Å². The number of benzene rings is 1. The predicted molar refractivity (Wildman–Crippen MR) is 123 cm³/mol. The Balaban J connectivity index is 1.58. The average Bonchev–Trinajstić information content (AvgIpc) is 3.13. The molecule has 8 nitrogen and oxygen atoms in total. The Hall–Kier alpha value is -3.93. The summed E-state index contributed by atoms with van der Waals surface area (Å²) >= 11 is 0. The summed E-state index contributed by atoms with van der Waals surface area (Å²) in [5.41, 5.74) is 8.70. The molecule has 0 atom stereocenters. The molecule has 2 heterocycles. The van der Waals surface area contributed by atoms with Crippen LogP contribution in [0.3, 0.4) is 0 Å². The molecule has 0 saturated carbocycles. The minimum atomic E-state index is -0.344. The highest BCUT2D eigenvalue weighted by atomic mass is 19.1. The molecule has 0 aliphatic heterocycles. The Labute approximate surface area is 187 Å². The van der Waals surface area contributed by atoms with Crippen LogP contribution in [0.4, 0.5) is 10.2 Å². The number of aliphatic imine (C=N–C) groups is 1. The van der Waals surface area contributed by atoms with Gasteiger partial charge >= 0.3 is 0 Å². The minimum Gasteiger partial charge on any atom is -0.382 e.